The van der Waals surface area contributed by atoms with Crippen LogP contribution >= 0.6 is 0 Å². The Labute approximate surface area is 230 Å². The number of hydrogen-bond acceptors (Lipinski definition) is 8. The highest BCUT2D eigenvalue weighted by Gasteiger charge is 2.33. The number of carbonyl (C=O) groups is 4. The lowest BCUT2D eigenvalue weighted by Gasteiger charge is -2.28. The third-order valence-corrected chi connectivity index (χ3v) is 5.98. The fraction of sp³-hybridized carbons (Fsp3) is 0.571. The quantitative estimate of drug-likeness (QED) is 0.296. The van der Waals surface area contributed by atoms with Crippen molar-refractivity contribution in [3.05, 3.63) is 42.0 Å². The van der Waals surface area contributed by atoms with Gasteiger partial charge in [-0.25, -0.2) is 9.59 Å². The molecule has 3 amide bonds. The molecule has 216 valence electrons. The van der Waals surface area contributed by atoms with E-state index in [1.165, 1.54) is 7.11 Å². The Morgan fingerprint density at radius 3 is 2.36 bits per heavy atom. The van der Waals surface area contributed by atoms with Crippen LogP contribution in [-0.2, 0) is 35.0 Å². The van der Waals surface area contributed by atoms with Crippen molar-refractivity contribution < 1.29 is 38.1 Å². The second-order valence-electron chi connectivity index (χ2n) is 10.3. The minimum Gasteiger partial charge on any atom is -0.490 e. The van der Waals surface area contributed by atoms with Crippen LogP contribution in [0, 0.1) is 5.92 Å². The van der Waals surface area contributed by atoms with E-state index in [0.717, 1.165) is 5.56 Å². The van der Waals surface area contributed by atoms with Crippen molar-refractivity contribution in [3.63, 3.8) is 0 Å². The molecule has 0 aliphatic carbocycles. The predicted octanol–water partition coefficient (Wildman–Crippen LogP) is 2.28. The molecule has 0 aromatic heterocycles. The highest BCUT2D eigenvalue weighted by molar-refractivity contribution is 5.93. The molecule has 11 heteroatoms. The average molecular weight is 548 g/mol. The number of ether oxygens (including phenoxy) is 4. The lowest BCUT2D eigenvalue weighted by atomic mass is 9.97. The number of amides is 3. The Balaban J connectivity index is 2.39. The molecule has 2 heterocycles. The van der Waals surface area contributed by atoms with Crippen LogP contribution in [0.2, 0.25) is 0 Å². The van der Waals surface area contributed by atoms with E-state index in [2.05, 4.69) is 16.0 Å². The van der Waals surface area contributed by atoms with E-state index in [1.807, 2.05) is 13.8 Å². The third kappa shape index (κ3) is 11.0. The molecule has 0 saturated heterocycles. The van der Waals surface area contributed by atoms with Crippen molar-refractivity contribution in [2.75, 3.05) is 26.9 Å². The van der Waals surface area contributed by atoms with Crippen molar-refractivity contribution in [2.45, 2.75) is 71.2 Å². The molecular weight excluding hydrogens is 506 g/mol. The smallest absolute Gasteiger partial charge is 0.408 e. The molecule has 3 N–H and O–H groups in total. The minimum absolute atomic E-state index is 0.130. The number of alkyl carbamates (subject to hydrolysis) is 1. The fourth-order valence-electron chi connectivity index (χ4n) is 3.68. The van der Waals surface area contributed by atoms with E-state index in [0.29, 0.717) is 18.8 Å². The first kappa shape index (κ1) is 31.6. The molecule has 0 spiro atoms. The molecular formula is C28H41N3O8. The van der Waals surface area contributed by atoms with E-state index in [9.17, 15) is 19.2 Å². The van der Waals surface area contributed by atoms with Gasteiger partial charge in [-0.1, -0.05) is 38.5 Å². The Morgan fingerprint density at radius 1 is 1.08 bits per heavy atom. The zero-order chi connectivity index (χ0) is 29.0. The van der Waals surface area contributed by atoms with Crippen LogP contribution < -0.4 is 20.7 Å². The summed E-state index contributed by atoms with van der Waals surface area (Å²) < 4.78 is 21.4. The molecule has 2 bridgehead atoms. The van der Waals surface area contributed by atoms with Gasteiger partial charge in [0.25, 0.3) is 0 Å². The molecule has 1 unspecified atom stereocenters. The van der Waals surface area contributed by atoms with Crippen molar-refractivity contribution >= 4 is 23.9 Å². The Hall–Kier alpha value is -3.60. The number of fused-ring (bicyclic) bond motifs is 15. The van der Waals surface area contributed by atoms with Gasteiger partial charge in [-0.05, 0) is 50.5 Å². The maximum atomic E-state index is 13.5. The summed E-state index contributed by atoms with van der Waals surface area (Å²) in [4.78, 5) is 51.7. The summed E-state index contributed by atoms with van der Waals surface area (Å²) in [5.41, 5.74) is -0.0116. The van der Waals surface area contributed by atoms with Crippen LogP contribution in [0.25, 0.3) is 0 Å². The number of benzene rings is 1. The monoisotopic (exact) mass is 547 g/mol. The number of hydrogen-bond donors (Lipinski definition) is 3. The summed E-state index contributed by atoms with van der Waals surface area (Å²) in [5, 5.41) is 8.03. The standard InChI is InChI=1S/C28H41N3O8/c1-7-18(2)23-25(33)29-22(26(34)36-6)17-37-14-8-9-15-38-20-12-10-19(11-13-20)16-21(24(32)31-23)30-27(35)39-28(3,4)5/h8-13,18,21-23H,7,14-17H2,1-6H3,(H,29,33)(H,30,35)(H,31,32)/b9-8-/t18?,21-,22-,23-/m0/s1. The summed E-state index contributed by atoms with van der Waals surface area (Å²) >= 11 is 0. The molecule has 0 saturated carbocycles. The zero-order valence-electron chi connectivity index (χ0n) is 23.6. The van der Waals surface area contributed by atoms with Gasteiger partial charge in [-0.2, -0.15) is 0 Å². The van der Waals surface area contributed by atoms with E-state index < -0.39 is 47.6 Å². The van der Waals surface area contributed by atoms with Crippen LogP contribution in [0.1, 0.15) is 46.6 Å². The third-order valence-electron chi connectivity index (χ3n) is 5.98. The van der Waals surface area contributed by atoms with Crippen molar-refractivity contribution in [3.8, 4) is 5.75 Å². The number of nitrogens with one attached hydrogen (secondary N) is 3. The van der Waals surface area contributed by atoms with Gasteiger partial charge in [-0.15, -0.1) is 0 Å². The van der Waals surface area contributed by atoms with Gasteiger partial charge >= 0.3 is 12.1 Å². The second kappa shape index (κ2) is 15.1. The topological polar surface area (TPSA) is 141 Å². The minimum atomic E-state index is -1.08. The maximum absolute atomic E-state index is 13.5. The molecule has 11 nitrogen and oxygen atoms in total. The fourth-order valence-corrected chi connectivity index (χ4v) is 3.68. The van der Waals surface area contributed by atoms with Crippen LogP contribution in [0.15, 0.2) is 36.4 Å². The van der Waals surface area contributed by atoms with Crippen LogP contribution in [0.3, 0.4) is 0 Å². The molecule has 1 aromatic carbocycles. The molecule has 0 radical (unpaired) electrons. The SMILES string of the molecule is CCC(C)[C@@H]1NC(=O)[C@@H](NC(=O)OC(C)(C)C)Cc2ccc(cc2)OC/C=C\COC[C@@H](C(=O)OC)NC1=O. The maximum Gasteiger partial charge on any atom is 0.408 e. The number of methoxy groups -OCH3 is 1. The molecule has 2 aliphatic rings. The summed E-state index contributed by atoms with van der Waals surface area (Å²) in [6.45, 7) is 9.20. The van der Waals surface area contributed by atoms with Crippen molar-refractivity contribution in [1.82, 2.24) is 16.0 Å². The number of esters is 1. The van der Waals surface area contributed by atoms with Crippen LogP contribution in [0.5, 0.6) is 5.75 Å². The molecule has 4 atom stereocenters. The number of rotatable bonds is 4. The second-order valence-corrected chi connectivity index (χ2v) is 10.3. The normalized spacial score (nSPS) is 23.0. The van der Waals surface area contributed by atoms with Gasteiger partial charge in [0.05, 0.1) is 20.3 Å². The van der Waals surface area contributed by atoms with Crippen LogP contribution in [0.4, 0.5) is 4.79 Å². The summed E-state index contributed by atoms with van der Waals surface area (Å²) in [7, 11) is 1.22. The van der Waals surface area contributed by atoms with E-state index in [1.54, 1.807) is 57.2 Å². The Kier molecular flexibility index (Phi) is 12.2. The molecule has 0 fully saturated rings. The van der Waals surface area contributed by atoms with Gasteiger partial charge in [0.15, 0.2) is 6.04 Å². The van der Waals surface area contributed by atoms with Gasteiger partial charge in [0, 0.05) is 6.42 Å². The highest BCUT2D eigenvalue weighted by Crippen LogP contribution is 2.16. The summed E-state index contributed by atoms with van der Waals surface area (Å²) in [6, 6.07) is 4.02. The average Bonchev–Trinajstić information content (AvgIpc) is 2.88. The van der Waals surface area contributed by atoms with Gasteiger partial charge < -0.3 is 34.9 Å². The van der Waals surface area contributed by atoms with E-state index in [-0.39, 0.29) is 25.6 Å². The molecule has 1 aromatic rings. The van der Waals surface area contributed by atoms with Gasteiger partial charge in [0.2, 0.25) is 11.8 Å². The molecule has 2 aliphatic heterocycles. The first-order chi connectivity index (χ1) is 18.4. The highest BCUT2D eigenvalue weighted by atomic mass is 16.6. The van der Waals surface area contributed by atoms with Crippen molar-refractivity contribution in [2.24, 2.45) is 5.92 Å². The Bertz CT molecular complexity index is 1000. The largest absolute Gasteiger partial charge is 0.490 e. The summed E-state index contributed by atoms with van der Waals surface area (Å²) in [5.74, 6) is -1.49. The molecule has 3 rings (SSSR count). The van der Waals surface area contributed by atoms with Gasteiger partial charge in [0.1, 0.15) is 30.0 Å². The number of carbonyl (C=O) groups excluding carboxylic acids is 4. The lowest BCUT2D eigenvalue weighted by molar-refractivity contribution is -0.147. The van der Waals surface area contributed by atoms with Gasteiger partial charge in [-0.3, -0.25) is 9.59 Å². The van der Waals surface area contributed by atoms with Crippen molar-refractivity contribution in [1.29, 1.82) is 0 Å². The van der Waals surface area contributed by atoms with E-state index in [4.69, 9.17) is 18.9 Å². The van der Waals surface area contributed by atoms with Crippen LogP contribution in [-0.4, -0.2) is 74.5 Å². The predicted molar refractivity (Wildman–Crippen MR) is 144 cm³/mol. The summed E-state index contributed by atoms with van der Waals surface area (Å²) in [6.07, 6.45) is 3.46. The first-order valence-corrected chi connectivity index (χ1v) is 13.1. The lowest BCUT2D eigenvalue weighted by Crippen LogP contribution is -2.58. The molecule has 39 heavy (non-hydrogen) atoms. The van der Waals surface area contributed by atoms with E-state index >= 15 is 0 Å². The Morgan fingerprint density at radius 2 is 1.74 bits per heavy atom. The first-order valence-electron chi connectivity index (χ1n) is 13.1. The zero-order valence-corrected chi connectivity index (χ0v) is 23.6.